The number of fused-ring (bicyclic) bond motifs is 6. The smallest absolute Gasteiger partial charge is 0.411 e. The number of anilines is 1. The lowest BCUT2D eigenvalue weighted by molar-refractivity contribution is -0.271. The van der Waals surface area contributed by atoms with Crippen LogP contribution in [0.15, 0.2) is 12.1 Å². The van der Waals surface area contributed by atoms with Crippen molar-refractivity contribution < 1.29 is 44.0 Å². The maximum atomic E-state index is 12.7. The highest BCUT2D eigenvalue weighted by Gasteiger charge is 2.77. The number of aliphatic hydroxyl groups excluding tert-OH is 1. The van der Waals surface area contributed by atoms with Gasteiger partial charge in [0.25, 0.3) is 0 Å². The van der Waals surface area contributed by atoms with Gasteiger partial charge >= 0.3 is 12.1 Å². The number of carbonyl (C=O) groups excluding carboxylic acids is 3. The van der Waals surface area contributed by atoms with Crippen molar-refractivity contribution in [2.45, 2.75) is 49.7 Å². The average Bonchev–Trinajstić information content (AvgIpc) is 3.42. The van der Waals surface area contributed by atoms with Crippen LogP contribution >= 0.6 is 0 Å². The largest absolute Gasteiger partial charge is 0.508 e. The molecule has 2 bridgehead atoms. The van der Waals surface area contributed by atoms with Gasteiger partial charge < -0.3 is 29.6 Å². The summed E-state index contributed by atoms with van der Waals surface area (Å²) in [6.45, 7) is 4.22. The number of hydrogen-bond donors (Lipinski definition) is 3. The number of carbonyl (C=O) groups is 3. The first-order valence-electron chi connectivity index (χ1n) is 9.67. The van der Waals surface area contributed by atoms with Gasteiger partial charge in [-0.25, -0.2) is 19.5 Å². The summed E-state index contributed by atoms with van der Waals surface area (Å²) >= 11 is 0. The molecule has 4 rings (SSSR count). The van der Waals surface area contributed by atoms with Crippen LogP contribution < -0.4 is 5.06 Å². The minimum absolute atomic E-state index is 0.0209. The summed E-state index contributed by atoms with van der Waals surface area (Å²) < 4.78 is 10.1. The third kappa shape index (κ3) is 2.80. The van der Waals surface area contributed by atoms with Gasteiger partial charge in [-0.1, -0.05) is 0 Å². The van der Waals surface area contributed by atoms with Gasteiger partial charge in [-0.2, -0.15) is 0 Å². The third-order valence-corrected chi connectivity index (χ3v) is 5.86. The van der Waals surface area contributed by atoms with Gasteiger partial charge in [-0.15, -0.1) is 0 Å². The van der Waals surface area contributed by atoms with Crippen LogP contribution in [0.25, 0.3) is 0 Å². The van der Waals surface area contributed by atoms with Crippen molar-refractivity contribution in [1.82, 2.24) is 4.90 Å². The van der Waals surface area contributed by atoms with Crippen LogP contribution in [0.2, 0.25) is 0 Å². The van der Waals surface area contributed by atoms with Crippen LogP contribution in [-0.4, -0.2) is 82.3 Å². The highest BCUT2D eigenvalue weighted by Crippen LogP contribution is 2.58. The predicted molar refractivity (Wildman–Crippen MR) is 103 cm³/mol. The summed E-state index contributed by atoms with van der Waals surface area (Å²) in [5.41, 5.74) is -2.96. The number of hydrogen-bond acceptors (Lipinski definition) is 10. The molecule has 0 spiro atoms. The maximum Gasteiger partial charge on any atom is 0.411 e. The number of phenols is 1. The highest BCUT2D eigenvalue weighted by molar-refractivity contribution is 5.93. The summed E-state index contributed by atoms with van der Waals surface area (Å²) in [4.78, 5) is 44.0. The molecule has 0 radical (unpaired) electrons. The van der Waals surface area contributed by atoms with E-state index in [0.29, 0.717) is 0 Å². The molecule has 0 saturated carbocycles. The zero-order chi connectivity index (χ0) is 22.9. The quantitative estimate of drug-likeness (QED) is 0.337. The van der Waals surface area contributed by atoms with E-state index in [9.17, 15) is 29.7 Å². The summed E-state index contributed by atoms with van der Waals surface area (Å²) in [7, 11) is 1.17. The predicted octanol–water partition coefficient (Wildman–Crippen LogP) is 0.0495. The van der Waals surface area contributed by atoms with Crippen LogP contribution in [0, 0.1) is 0 Å². The second-order valence-corrected chi connectivity index (χ2v) is 8.88. The number of benzene rings is 1. The first-order chi connectivity index (χ1) is 14.4. The highest BCUT2D eigenvalue weighted by atomic mass is 16.8. The summed E-state index contributed by atoms with van der Waals surface area (Å²) in [6.07, 6.45) is -0.427. The number of rotatable bonds is 3. The van der Waals surface area contributed by atoms with E-state index in [1.54, 1.807) is 20.8 Å². The molecular formula is C20H24N2O9. The second kappa shape index (κ2) is 6.55. The maximum absolute atomic E-state index is 12.7. The summed E-state index contributed by atoms with van der Waals surface area (Å²) in [5.74, 6) is -3.62. The molecule has 0 aliphatic carbocycles. The monoisotopic (exact) mass is 436 g/mol. The van der Waals surface area contributed by atoms with Crippen molar-refractivity contribution in [3.05, 3.63) is 23.3 Å². The molecule has 3 aliphatic rings. The van der Waals surface area contributed by atoms with E-state index in [1.807, 2.05) is 0 Å². The molecule has 1 amide bonds. The Hall–Kier alpha value is -2.89. The number of amides is 1. The van der Waals surface area contributed by atoms with E-state index in [2.05, 4.69) is 4.74 Å². The Bertz CT molecular complexity index is 974. The van der Waals surface area contributed by atoms with E-state index in [4.69, 9.17) is 9.57 Å². The van der Waals surface area contributed by atoms with Gasteiger partial charge in [-0.3, -0.25) is 4.90 Å². The Kier molecular flexibility index (Phi) is 4.51. The number of nitrogens with zero attached hydrogens (tertiary/aromatic N) is 2. The average molecular weight is 436 g/mol. The Morgan fingerprint density at radius 1 is 1.35 bits per heavy atom. The van der Waals surface area contributed by atoms with E-state index < -0.39 is 53.3 Å². The SMILES string of the molecule is COC(=O)c1cc(O)c2c(c1)N1C[C@H]3[C@H](N3C(=O)OC(C)(C)C)C(O)(O1)[C@@]2(C=O)CO. The van der Waals surface area contributed by atoms with Crippen molar-refractivity contribution in [3.8, 4) is 5.75 Å². The Morgan fingerprint density at radius 3 is 2.58 bits per heavy atom. The first-order valence-corrected chi connectivity index (χ1v) is 9.67. The molecular weight excluding hydrogens is 412 g/mol. The molecule has 1 aromatic rings. The zero-order valence-electron chi connectivity index (χ0n) is 17.5. The summed E-state index contributed by atoms with van der Waals surface area (Å²) in [5, 5.41) is 33.7. The Labute approximate surface area is 177 Å². The fraction of sp³-hybridized carbons (Fsp3) is 0.550. The Balaban J connectivity index is 1.85. The van der Waals surface area contributed by atoms with Crippen LogP contribution in [-0.2, 0) is 24.5 Å². The van der Waals surface area contributed by atoms with Crippen LogP contribution in [0.3, 0.4) is 0 Å². The number of methoxy groups -OCH3 is 1. The molecule has 2 saturated heterocycles. The lowest BCUT2D eigenvalue weighted by atomic mass is 9.69. The fourth-order valence-electron chi connectivity index (χ4n) is 4.46. The second-order valence-electron chi connectivity index (χ2n) is 8.88. The van der Waals surface area contributed by atoms with Gasteiger partial charge in [-0.05, 0) is 32.9 Å². The van der Waals surface area contributed by atoms with E-state index in [0.717, 1.165) is 6.07 Å². The molecule has 11 nitrogen and oxygen atoms in total. The van der Waals surface area contributed by atoms with Crippen LogP contribution in [0.5, 0.6) is 5.75 Å². The number of ether oxygens (including phenoxy) is 2. The lowest BCUT2D eigenvalue weighted by Crippen LogP contribution is -2.69. The minimum Gasteiger partial charge on any atom is -0.508 e. The molecule has 11 heteroatoms. The molecule has 31 heavy (non-hydrogen) atoms. The number of aldehydes is 1. The topological polar surface area (TPSA) is 146 Å². The molecule has 3 N–H and O–H groups in total. The van der Waals surface area contributed by atoms with Crippen molar-refractivity contribution in [3.63, 3.8) is 0 Å². The molecule has 168 valence electrons. The fourth-order valence-corrected chi connectivity index (χ4v) is 4.46. The zero-order valence-corrected chi connectivity index (χ0v) is 17.5. The van der Waals surface area contributed by atoms with Gasteiger partial charge in [0.15, 0.2) is 0 Å². The van der Waals surface area contributed by atoms with Gasteiger partial charge in [0, 0.05) is 5.56 Å². The molecule has 1 unspecified atom stereocenters. The number of aromatic hydroxyl groups is 1. The van der Waals surface area contributed by atoms with Crippen LogP contribution in [0.4, 0.5) is 10.5 Å². The third-order valence-electron chi connectivity index (χ3n) is 5.86. The van der Waals surface area contributed by atoms with Gasteiger partial charge in [0.2, 0.25) is 5.79 Å². The van der Waals surface area contributed by atoms with Gasteiger partial charge in [0.1, 0.15) is 29.1 Å². The number of aliphatic hydroxyl groups is 2. The van der Waals surface area contributed by atoms with E-state index in [1.165, 1.54) is 23.1 Å². The lowest BCUT2D eigenvalue weighted by Gasteiger charge is -2.51. The minimum atomic E-state index is -2.37. The van der Waals surface area contributed by atoms with E-state index >= 15 is 0 Å². The number of hydroxylamine groups is 1. The van der Waals surface area contributed by atoms with Crippen molar-refractivity contribution in [1.29, 1.82) is 0 Å². The summed E-state index contributed by atoms with van der Waals surface area (Å²) in [6, 6.07) is 0.829. The molecule has 4 atom stereocenters. The standard InChI is InChI=1S/C20H24N2O9/c1-18(2,3)30-17(27)22-12-7-21-11-5-10(16(26)29-4)6-13(25)14(11)19(8-23,9-24)20(28,31-21)15(12)22/h5-6,8,12,15,24-25,28H,7,9H2,1-4H3/t12-,15-,19-,20?,22?/m0/s1. The molecule has 1 aromatic carbocycles. The molecule has 0 aromatic heterocycles. The van der Waals surface area contributed by atoms with Crippen molar-refractivity contribution in [2.75, 3.05) is 25.3 Å². The van der Waals surface area contributed by atoms with Crippen LogP contribution in [0.1, 0.15) is 36.7 Å². The van der Waals surface area contributed by atoms with Gasteiger partial charge in [0.05, 0.1) is 37.6 Å². The number of esters is 1. The normalized spacial score (nSPS) is 30.8. The Morgan fingerprint density at radius 2 is 2.03 bits per heavy atom. The van der Waals surface area contributed by atoms with Crippen molar-refractivity contribution in [2.24, 2.45) is 0 Å². The first kappa shape index (κ1) is 21.3. The number of phenolic OH excluding ortho intramolecular Hbond substituents is 1. The molecule has 3 heterocycles. The molecule has 2 fully saturated rings. The van der Waals surface area contributed by atoms with E-state index in [-0.39, 0.29) is 29.6 Å². The molecule has 3 aliphatic heterocycles. The van der Waals surface area contributed by atoms with Crippen molar-refractivity contribution >= 4 is 24.0 Å².